The summed E-state index contributed by atoms with van der Waals surface area (Å²) in [6.45, 7) is 0. The second-order valence-corrected chi connectivity index (χ2v) is 7.71. The third kappa shape index (κ3) is 3.15. The van der Waals surface area contributed by atoms with E-state index in [0.29, 0.717) is 10.8 Å². The molecule has 3 aromatic carbocycles. The Labute approximate surface area is 180 Å². The Kier molecular flexibility index (Phi) is 4.75. The zero-order valence-electron chi connectivity index (χ0n) is 16.7. The highest BCUT2D eigenvalue weighted by molar-refractivity contribution is 6.30. The van der Waals surface area contributed by atoms with Gasteiger partial charge in [0, 0.05) is 23.1 Å². The van der Waals surface area contributed by atoms with E-state index in [2.05, 4.69) is 6.07 Å². The first-order valence-electron chi connectivity index (χ1n) is 9.77. The molecule has 0 saturated heterocycles. The number of hydrazone groups is 1. The number of rotatable bonds is 4. The van der Waals surface area contributed by atoms with Gasteiger partial charge in [-0.3, -0.25) is 0 Å². The summed E-state index contributed by atoms with van der Waals surface area (Å²) in [5.74, 6) is 2.30. The molecule has 0 aliphatic carbocycles. The van der Waals surface area contributed by atoms with Crippen molar-refractivity contribution in [1.29, 1.82) is 0 Å². The van der Waals surface area contributed by atoms with Crippen molar-refractivity contribution in [2.75, 3.05) is 14.2 Å². The molecule has 3 aromatic rings. The molecular weight excluding hydrogens is 400 g/mol. The molecule has 0 spiro atoms. The van der Waals surface area contributed by atoms with Gasteiger partial charge in [-0.1, -0.05) is 41.9 Å². The van der Waals surface area contributed by atoms with Crippen LogP contribution in [0.1, 0.15) is 35.4 Å². The Morgan fingerprint density at radius 2 is 1.77 bits per heavy atom. The van der Waals surface area contributed by atoms with Gasteiger partial charge in [0.15, 0.2) is 0 Å². The van der Waals surface area contributed by atoms with E-state index < -0.39 is 6.23 Å². The normalized spacial score (nSPS) is 19.4. The number of para-hydroxylation sites is 1. The number of fused-ring (bicyclic) bond motifs is 3. The zero-order chi connectivity index (χ0) is 20.7. The molecule has 0 unspecified atom stereocenters. The van der Waals surface area contributed by atoms with Crippen LogP contribution in [0.25, 0.3) is 0 Å². The maximum absolute atomic E-state index is 6.43. The molecule has 0 radical (unpaired) electrons. The number of hydrogen-bond donors (Lipinski definition) is 0. The fourth-order valence-corrected chi connectivity index (χ4v) is 4.20. The van der Waals surface area contributed by atoms with Gasteiger partial charge in [0.05, 0.1) is 31.5 Å². The lowest BCUT2D eigenvalue weighted by Crippen LogP contribution is -2.33. The van der Waals surface area contributed by atoms with Gasteiger partial charge < -0.3 is 14.2 Å². The van der Waals surface area contributed by atoms with Crippen LogP contribution in [0.3, 0.4) is 0 Å². The third-order valence-corrected chi connectivity index (χ3v) is 5.84. The average Bonchev–Trinajstić information content (AvgIpc) is 3.24. The van der Waals surface area contributed by atoms with Crippen molar-refractivity contribution >= 4 is 17.3 Å². The monoisotopic (exact) mass is 420 g/mol. The molecule has 152 valence electrons. The molecular formula is C24H21ClN2O3. The van der Waals surface area contributed by atoms with Crippen LogP contribution >= 0.6 is 11.6 Å². The molecule has 0 aromatic heterocycles. The molecule has 5 rings (SSSR count). The summed E-state index contributed by atoms with van der Waals surface area (Å²) in [5, 5.41) is 7.73. The summed E-state index contributed by atoms with van der Waals surface area (Å²) < 4.78 is 17.4. The van der Waals surface area contributed by atoms with Crippen molar-refractivity contribution in [2.45, 2.75) is 18.7 Å². The Morgan fingerprint density at radius 3 is 2.53 bits per heavy atom. The smallest absolute Gasteiger partial charge is 0.217 e. The second kappa shape index (κ2) is 7.58. The van der Waals surface area contributed by atoms with Crippen LogP contribution in [-0.4, -0.2) is 24.9 Å². The highest BCUT2D eigenvalue weighted by Gasteiger charge is 2.41. The van der Waals surface area contributed by atoms with Gasteiger partial charge in [-0.15, -0.1) is 0 Å². The highest BCUT2D eigenvalue weighted by Crippen LogP contribution is 2.49. The van der Waals surface area contributed by atoms with E-state index in [4.69, 9.17) is 30.9 Å². The lowest BCUT2D eigenvalue weighted by Gasteiger charge is -2.38. The number of halogens is 1. The van der Waals surface area contributed by atoms with E-state index in [1.54, 1.807) is 14.2 Å². The molecule has 2 heterocycles. The molecule has 2 aliphatic heterocycles. The zero-order valence-corrected chi connectivity index (χ0v) is 17.5. The standard InChI is InChI=1S/C24H21ClN2O3/c1-28-17-11-12-19(23(13-17)29-2)24-27-21(18-5-3-4-6-22(18)30-24)14-20(26-27)15-7-9-16(25)10-8-15/h3-13,21,24H,14H2,1-2H3/t21-,24-/m0/s1. The Balaban J connectivity index is 1.60. The van der Waals surface area contributed by atoms with Crippen LogP contribution in [0.15, 0.2) is 71.8 Å². The van der Waals surface area contributed by atoms with Crippen LogP contribution in [-0.2, 0) is 0 Å². The fraction of sp³-hybridized carbons (Fsp3) is 0.208. The highest BCUT2D eigenvalue weighted by atomic mass is 35.5. The molecule has 2 atom stereocenters. The molecule has 0 saturated carbocycles. The SMILES string of the molecule is COc1ccc([C@@H]2Oc3ccccc3[C@@H]3CC(c4ccc(Cl)cc4)=NN32)c(OC)c1. The summed E-state index contributed by atoms with van der Waals surface area (Å²) in [6.07, 6.45) is 0.382. The van der Waals surface area contributed by atoms with Crippen molar-refractivity contribution in [2.24, 2.45) is 5.10 Å². The van der Waals surface area contributed by atoms with Gasteiger partial charge in [-0.2, -0.15) is 5.10 Å². The minimum absolute atomic E-state index is 0.0810. The van der Waals surface area contributed by atoms with Crippen LogP contribution < -0.4 is 14.2 Å². The molecule has 5 nitrogen and oxygen atoms in total. The van der Waals surface area contributed by atoms with Crippen LogP contribution in [0.4, 0.5) is 0 Å². The van der Waals surface area contributed by atoms with E-state index in [0.717, 1.165) is 40.3 Å². The van der Waals surface area contributed by atoms with Crippen LogP contribution in [0.2, 0.25) is 5.02 Å². The Morgan fingerprint density at radius 1 is 0.967 bits per heavy atom. The first-order valence-corrected chi connectivity index (χ1v) is 10.1. The van der Waals surface area contributed by atoms with Gasteiger partial charge in [0.1, 0.15) is 17.2 Å². The van der Waals surface area contributed by atoms with E-state index in [-0.39, 0.29) is 6.04 Å². The van der Waals surface area contributed by atoms with Crippen molar-refractivity contribution in [3.8, 4) is 17.2 Å². The summed E-state index contributed by atoms with van der Waals surface area (Å²) in [4.78, 5) is 0. The van der Waals surface area contributed by atoms with E-state index in [9.17, 15) is 0 Å². The van der Waals surface area contributed by atoms with Crippen molar-refractivity contribution < 1.29 is 14.2 Å². The van der Waals surface area contributed by atoms with Crippen LogP contribution in [0, 0.1) is 0 Å². The Hall–Kier alpha value is -3.18. The topological polar surface area (TPSA) is 43.3 Å². The second-order valence-electron chi connectivity index (χ2n) is 7.27. The van der Waals surface area contributed by atoms with Gasteiger partial charge in [-0.25, -0.2) is 5.01 Å². The van der Waals surface area contributed by atoms with Crippen molar-refractivity contribution in [3.05, 3.63) is 88.4 Å². The first-order chi connectivity index (χ1) is 14.7. The summed E-state index contributed by atoms with van der Waals surface area (Å²) in [7, 11) is 3.29. The number of hydrogen-bond acceptors (Lipinski definition) is 5. The molecule has 0 bridgehead atoms. The fourth-order valence-electron chi connectivity index (χ4n) is 4.08. The lowest BCUT2D eigenvalue weighted by molar-refractivity contribution is -0.0203. The van der Waals surface area contributed by atoms with Gasteiger partial charge in [0.25, 0.3) is 0 Å². The van der Waals surface area contributed by atoms with Gasteiger partial charge >= 0.3 is 0 Å². The predicted molar refractivity (Wildman–Crippen MR) is 117 cm³/mol. The summed E-state index contributed by atoms with van der Waals surface area (Å²) >= 11 is 6.07. The van der Waals surface area contributed by atoms with Gasteiger partial charge in [0.2, 0.25) is 6.23 Å². The van der Waals surface area contributed by atoms with Gasteiger partial charge in [-0.05, 0) is 35.9 Å². The quantitative estimate of drug-likeness (QED) is 0.551. The number of methoxy groups -OCH3 is 2. The lowest BCUT2D eigenvalue weighted by atomic mass is 9.96. The molecule has 2 aliphatic rings. The van der Waals surface area contributed by atoms with E-state index in [1.165, 1.54) is 0 Å². The van der Waals surface area contributed by atoms with E-state index >= 15 is 0 Å². The maximum atomic E-state index is 6.43. The van der Waals surface area contributed by atoms with Crippen molar-refractivity contribution in [1.82, 2.24) is 5.01 Å². The molecule has 30 heavy (non-hydrogen) atoms. The first kappa shape index (κ1) is 18.8. The largest absolute Gasteiger partial charge is 0.497 e. The molecule has 0 N–H and O–H groups in total. The molecule has 6 heteroatoms. The van der Waals surface area contributed by atoms with E-state index in [1.807, 2.05) is 65.7 Å². The number of benzene rings is 3. The number of ether oxygens (including phenoxy) is 3. The maximum Gasteiger partial charge on any atom is 0.217 e. The summed E-state index contributed by atoms with van der Waals surface area (Å²) in [5.41, 5.74) is 4.11. The third-order valence-electron chi connectivity index (χ3n) is 5.58. The predicted octanol–water partition coefficient (Wildman–Crippen LogP) is 5.60. The minimum Gasteiger partial charge on any atom is -0.497 e. The minimum atomic E-state index is -0.407. The van der Waals surface area contributed by atoms with Crippen molar-refractivity contribution in [3.63, 3.8) is 0 Å². The summed E-state index contributed by atoms with van der Waals surface area (Å²) in [6, 6.07) is 21.8. The van der Waals surface area contributed by atoms with Crippen LogP contribution in [0.5, 0.6) is 17.2 Å². The molecule has 0 fully saturated rings. The average molecular weight is 421 g/mol. The number of nitrogens with zero attached hydrogens (tertiary/aromatic N) is 2. The molecule has 0 amide bonds. The Bertz CT molecular complexity index is 1110.